The van der Waals surface area contributed by atoms with Crippen molar-refractivity contribution >= 4 is 0 Å². The van der Waals surface area contributed by atoms with Crippen LogP contribution in [0.5, 0.6) is 5.75 Å². The SMILES string of the molecule is COc1cccc2c1C(C(C)(C)CN)CCC2. The number of rotatable bonds is 3. The fraction of sp³-hybridized carbons (Fsp3) is 0.600. The average molecular weight is 233 g/mol. The van der Waals surface area contributed by atoms with Gasteiger partial charge in [0, 0.05) is 5.56 Å². The molecular formula is C15H23NO. The van der Waals surface area contributed by atoms with Crippen LogP contribution in [0.3, 0.4) is 0 Å². The summed E-state index contributed by atoms with van der Waals surface area (Å²) in [6.07, 6.45) is 3.65. The highest BCUT2D eigenvalue weighted by Gasteiger charge is 2.34. The summed E-state index contributed by atoms with van der Waals surface area (Å²) < 4.78 is 5.54. The largest absolute Gasteiger partial charge is 0.496 e. The second-order valence-electron chi connectivity index (χ2n) is 5.67. The van der Waals surface area contributed by atoms with E-state index < -0.39 is 0 Å². The van der Waals surface area contributed by atoms with Crippen LogP contribution >= 0.6 is 0 Å². The van der Waals surface area contributed by atoms with Crippen LogP contribution in [0.1, 0.15) is 43.7 Å². The van der Waals surface area contributed by atoms with E-state index in [0.29, 0.717) is 5.92 Å². The molecular weight excluding hydrogens is 210 g/mol. The van der Waals surface area contributed by atoms with Gasteiger partial charge in [-0.25, -0.2) is 0 Å². The second-order valence-corrected chi connectivity index (χ2v) is 5.67. The van der Waals surface area contributed by atoms with Gasteiger partial charge in [-0.3, -0.25) is 0 Å². The molecule has 1 unspecified atom stereocenters. The molecule has 2 nitrogen and oxygen atoms in total. The van der Waals surface area contributed by atoms with Crippen LogP contribution in [0.25, 0.3) is 0 Å². The highest BCUT2D eigenvalue weighted by atomic mass is 16.5. The molecule has 1 aromatic rings. The van der Waals surface area contributed by atoms with E-state index in [-0.39, 0.29) is 5.41 Å². The van der Waals surface area contributed by atoms with E-state index in [2.05, 4.69) is 32.0 Å². The predicted molar refractivity (Wildman–Crippen MR) is 71.5 cm³/mol. The van der Waals surface area contributed by atoms with Gasteiger partial charge in [-0.2, -0.15) is 0 Å². The molecule has 0 saturated heterocycles. The Hall–Kier alpha value is -1.02. The summed E-state index contributed by atoms with van der Waals surface area (Å²) in [6.45, 7) is 5.24. The van der Waals surface area contributed by atoms with Gasteiger partial charge in [0.1, 0.15) is 5.75 Å². The molecule has 1 atom stereocenters. The first-order chi connectivity index (χ1) is 8.10. The van der Waals surface area contributed by atoms with Gasteiger partial charge in [-0.15, -0.1) is 0 Å². The maximum atomic E-state index is 5.94. The zero-order valence-corrected chi connectivity index (χ0v) is 11.1. The van der Waals surface area contributed by atoms with E-state index in [9.17, 15) is 0 Å². The Morgan fingerprint density at radius 1 is 1.41 bits per heavy atom. The Morgan fingerprint density at radius 2 is 2.18 bits per heavy atom. The number of methoxy groups -OCH3 is 1. The van der Waals surface area contributed by atoms with Crippen molar-refractivity contribution in [3.05, 3.63) is 29.3 Å². The number of hydrogen-bond acceptors (Lipinski definition) is 2. The zero-order valence-electron chi connectivity index (χ0n) is 11.1. The minimum absolute atomic E-state index is 0.143. The maximum absolute atomic E-state index is 5.94. The summed E-state index contributed by atoms with van der Waals surface area (Å²) in [5.41, 5.74) is 8.93. The highest BCUT2D eigenvalue weighted by molar-refractivity contribution is 5.45. The number of hydrogen-bond donors (Lipinski definition) is 1. The molecule has 0 fully saturated rings. The lowest BCUT2D eigenvalue weighted by Crippen LogP contribution is -2.33. The molecule has 1 aromatic carbocycles. The molecule has 0 bridgehead atoms. The third kappa shape index (κ3) is 2.19. The van der Waals surface area contributed by atoms with Crippen molar-refractivity contribution < 1.29 is 4.74 Å². The van der Waals surface area contributed by atoms with Gasteiger partial charge in [0.15, 0.2) is 0 Å². The average Bonchev–Trinajstić information content (AvgIpc) is 2.37. The Labute approximate surface area is 104 Å². The standard InChI is InChI=1S/C15H23NO/c1-15(2,10-16)12-8-4-6-11-7-5-9-13(17-3)14(11)12/h5,7,9,12H,4,6,8,10,16H2,1-3H3. The van der Waals surface area contributed by atoms with Crippen LogP contribution in [-0.2, 0) is 6.42 Å². The fourth-order valence-electron chi connectivity index (χ4n) is 2.95. The second kappa shape index (κ2) is 4.69. The van der Waals surface area contributed by atoms with Gasteiger partial charge in [0.25, 0.3) is 0 Å². The Morgan fingerprint density at radius 3 is 2.82 bits per heavy atom. The fourth-order valence-corrected chi connectivity index (χ4v) is 2.95. The van der Waals surface area contributed by atoms with Crippen molar-refractivity contribution in [1.82, 2.24) is 0 Å². The van der Waals surface area contributed by atoms with Crippen molar-refractivity contribution in [3.63, 3.8) is 0 Å². The number of benzene rings is 1. The quantitative estimate of drug-likeness (QED) is 0.870. The minimum atomic E-state index is 0.143. The number of ether oxygens (including phenoxy) is 1. The van der Waals surface area contributed by atoms with Crippen LogP contribution in [0.2, 0.25) is 0 Å². The predicted octanol–water partition coefficient (Wildman–Crippen LogP) is 3.10. The normalized spacial score (nSPS) is 19.9. The van der Waals surface area contributed by atoms with Crippen molar-refractivity contribution in [2.24, 2.45) is 11.1 Å². The molecule has 0 spiro atoms. The van der Waals surface area contributed by atoms with E-state index >= 15 is 0 Å². The Bertz CT molecular complexity index is 384. The lowest BCUT2D eigenvalue weighted by Gasteiger charge is -2.38. The van der Waals surface area contributed by atoms with Crippen LogP contribution < -0.4 is 10.5 Å². The number of nitrogens with two attached hydrogens (primary N) is 1. The summed E-state index contributed by atoms with van der Waals surface area (Å²) >= 11 is 0. The molecule has 17 heavy (non-hydrogen) atoms. The van der Waals surface area contributed by atoms with Gasteiger partial charge in [-0.05, 0) is 48.8 Å². The molecule has 1 aliphatic rings. The van der Waals surface area contributed by atoms with E-state index in [1.807, 2.05) is 0 Å². The summed E-state index contributed by atoms with van der Waals surface area (Å²) in [4.78, 5) is 0. The number of aryl methyl sites for hydroxylation is 1. The molecule has 2 heteroatoms. The molecule has 0 aromatic heterocycles. The lowest BCUT2D eigenvalue weighted by molar-refractivity contribution is 0.261. The molecule has 1 aliphatic carbocycles. The van der Waals surface area contributed by atoms with Gasteiger partial charge < -0.3 is 10.5 Å². The smallest absolute Gasteiger partial charge is 0.122 e. The molecule has 0 heterocycles. The monoisotopic (exact) mass is 233 g/mol. The van der Waals surface area contributed by atoms with Crippen LogP contribution in [0, 0.1) is 5.41 Å². The zero-order chi connectivity index (χ0) is 12.5. The summed E-state index contributed by atoms with van der Waals surface area (Å²) in [6, 6.07) is 6.40. The summed E-state index contributed by atoms with van der Waals surface area (Å²) in [7, 11) is 1.76. The lowest BCUT2D eigenvalue weighted by atomic mass is 9.68. The van der Waals surface area contributed by atoms with Crippen molar-refractivity contribution in [2.75, 3.05) is 13.7 Å². The first-order valence-corrected chi connectivity index (χ1v) is 6.46. The molecule has 2 rings (SSSR count). The third-order valence-electron chi connectivity index (χ3n) is 4.13. The van der Waals surface area contributed by atoms with Crippen molar-refractivity contribution in [2.45, 2.75) is 39.0 Å². The molecule has 94 valence electrons. The van der Waals surface area contributed by atoms with Crippen molar-refractivity contribution in [1.29, 1.82) is 0 Å². The van der Waals surface area contributed by atoms with Crippen LogP contribution in [0.15, 0.2) is 18.2 Å². The van der Waals surface area contributed by atoms with Gasteiger partial charge >= 0.3 is 0 Å². The molecule has 0 aliphatic heterocycles. The minimum Gasteiger partial charge on any atom is -0.496 e. The van der Waals surface area contributed by atoms with Gasteiger partial charge in [-0.1, -0.05) is 26.0 Å². The third-order valence-corrected chi connectivity index (χ3v) is 4.13. The number of fused-ring (bicyclic) bond motifs is 1. The van der Waals surface area contributed by atoms with E-state index in [1.165, 1.54) is 30.4 Å². The molecule has 0 saturated carbocycles. The summed E-state index contributed by atoms with van der Waals surface area (Å²) in [5.74, 6) is 1.56. The first kappa shape index (κ1) is 12.4. The topological polar surface area (TPSA) is 35.2 Å². The Kier molecular flexibility index (Phi) is 3.43. The van der Waals surface area contributed by atoms with E-state index in [4.69, 9.17) is 10.5 Å². The first-order valence-electron chi connectivity index (χ1n) is 6.46. The van der Waals surface area contributed by atoms with Gasteiger partial charge in [0.05, 0.1) is 7.11 Å². The highest BCUT2D eigenvalue weighted by Crippen LogP contribution is 2.46. The van der Waals surface area contributed by atoms with Crippen LogP contribution in [0.4, 0.5) is 0 Å². The van der Waals surface area contributed by atoms with E-state index in [0.717, 1.165) is 12.3 Å². The Balaban J connectivity index is 2.49. The molecule has 0 amide bonds. The summed E-state index contributed by atoms with van der Waals surface area (Å²) in [5, 5.41) is 0. The van der Waals surface area contributed by atoms with Crippen molar-refractivity contribution in [3.8, 4) is 5.75 Å². The molecule has 0 radical (unpaired) electrons. The van der Waals surface area contributed by atoms with Crippen LogP contribution in [-0.4, -0.2) is 13.7 Å². The van der Waals surface area contributed by atoms with E-state index in [1.54, 1.807) is 7.11 Å². The van der Waals surface area contributed by atoms with Gasteiger partial charge in [0.2, 0.25) is 0 Å². The maximum Gasteiger partial charge on any atom is 0.122 e. The molecule has 2 N–H and O–H groups in total.